The standard InChI is InChI=1S/C18H19N3OS2/c22-17(19-10-11-23-12-14-6-2-1-3-7-14)13-24-18-20-15-8-4-5-9-16(15)21-18/h1-9H,10-13H2,(H,19,22)(H,20,21). The van der Waals surface area contributed by atoms with Crippen molar-refractivity contribution in [1.29, 1.82) is 0 Å². The molecule has 2 aromatic carbocycles. The minimum absolute atomic E-state index is 0.0424. The van der Waals surface area contributed by atoms with Gasteiger partial charge in [0.1, 0.15) is 0 Å². The van der Waals surface area contributed by atoms with E-state index in [1.807, 2.05) is 54.2 Å². The zero-order chi connectivity index (χ0) is 16.6. The fourth-order valence-electron chi connectivity index (χ4n) is 2.21. The number of amides is 1. The number of H-pyrrole nitrogens is 1. The van der Waals surface area contributed by atoms with Gasteiger partial charge in [-0.3, -0.25) is 4.79 Å². The van der Waals surface area contributed by atoms with Crippen LogP contribution in [0, 0.1) is 0 Å². The van der Waals surface area contributed by atoms with Crippen LogP contribution >= 0.6 is 23.5 Å². The van der Waals surface area contributed by atoms with E-state index < -0.39 is 0 Å². The predicted octanol–water partition coefficient (Wildman–Crippen LogP) is 3.70. The number of nitrogens with zero attached hydrogens (tertiary/aromatic N) is 1. The van der Waals surface area contributed by atoms with Crippen molar-refractivity contribution < 1.29 is 4.79 Å². The van der Waals surface area contributed by atoms with Gasteiger partial charge in [-0.15, -0.1) is 0 Å². The van der Waals surface area contributed by atoms with Crippen LogP contribution in [-0.4, -0.2) is 33.9 Å². The molecule has 0 radical (unpaired) electrons. The maximum absolute atomic E-state index is 11.9. The van der Waals surface area contributed by atoms with E-state index in [0.717, 1.165) is 27.7 Å². The van der Waals surface area contributed by atoms with Gasteiger partial charge >= 0.3 is 0 Å². The molecule has 4 nitrogen and oxygen atoms in total. The van der Waals surface area contributed by atoms with Gasteiger partial charge in [0.25, 0.3) is 0 Å². The highest BCUT2D eigenvalue weighted by Gasteiger charge is 2.06. The van der Waals surface area contributed by atoms with Gasteiger partial charge < -0.3 is 10.3 Å². The lowest BCUT2D eigenvalue weighted by Gasteiger charge is -2.04. The summed E-state index contributed by atoms with van der Waals surface area (Å²) in [5, 5.41) is 3.73. The first-order chi connectivity index (χ1) is 11.8. The maximum atomic E-state index is 11.9. The normalized spacial score (nSPS) is 10.8. The summed E-state index contributed by atoms with van der Waals surface area (Å²) in [5.41, 5.74) is 3.24. The number of aromatic amines is 1. The summed E-state index contributed by atoms with van der Waals surface area (Å²) in [7, 11) is 0. The second-order valence-corrected chi connectivity index (χ2v) is 7.31. The topological polar surface area (TPSA) is 57.8 Å². The number of para-hydroxylation sites is 2. The number of nitrogens with one attached hydrogen (secondary N) is 2. The Bertz CT molecular complexity index is 756. The Balaban J connectivity index is 1.32. The number of hydrogen-bond acceptors (Lipinski definition) is 4. The van der Waals surface area contributed by atoms with Crippen LogP contribution in [-0.2, 0) is 10.5 Å². The van der Waals surface area contributed by atoms with Gasteiger partial charge in [-0.1, -0.05) is 54.2 Å². The molecule has 0 saturated carbocycles. The Morgan fingerprint density at radius 2 is 1.88 bits per heavy atom. The Hall–Kier alpha value is -1.92. The molecule has 124 valence electrons. The number of aromatic nitrogens is 2. The van der Waals surface area contributed by atoms with Crippen molar-refractivity contribution in [2.45, 2.75) is 10.9 Å². The largest absolute Gasteiger partial charge is 0.355 e. The van der Waals surface area contributed by atoms with Crippen LogP contribution in [0.4, 0.5) is 0 Å². The number of carbonyl (C=O) groups excluding carboxylic acids is 1. The molecule has 0 bridgehead atoms. The summed E-state index contributed by atoms with van der Waals surface area (Å²) < 4.78 is 0. The van der Waals surface area contributed by atoms with E-state index >= 15 is 0 Å². The third-order valence-electron chi connectivity index (χ3n) is 3.39. The van der Waals surface area contributed by atoms with Crippen LogP contribution in [0.2, 0.25) is 0 Å². The minimum atomic E-state index is 0.0424. The summed E-state index contributed by atoms with van der Waals surface area (Å²) in [4.78, 5) is 19.5. The number of imidazole rings is 1. The van der Waals surface area contributed by atoms with Crippen molar-refractivity contribution in [2.75, 3.05) is 18.1 Å². The number of benzene rings is 2. The van der Waals surface area contributed by atoms with Crippen molar-refractivity contribution in [3.63, 3.8) is 0 Å². The molecule has 6 heteroatoms. The number of carbonyl (C=O) groups is 1. The fourth-order valence-corrected chi connectivity index (χ4v) is 3.74. The molecule has 3 rings (SSSR count). The molecule has 0 saturated heterocycles. The van der Waals surface area contributed by atoms with Gasteiger partial charge in [0.05, 0.1) is 16.8 Å². The average molecular weight is 358 g/mol. The van der Waals surface area contributed by atoms with Crippen LogP contribution < -0.4 is 5.32 Å². The lowest BCUT2D eigenvalue weighted by molar-refractivity contribution is -0.118. The Morgan fingerprint density at radius 3 is 2.71 bits per heavy atom. The summed E-state index contributed by atoms with van der Waals surface area (Å²) in [6.07, 6.45) is 0. The van der Waals surface area contributed by atoms with E-state index in [4.69, 9.17) is 0 Å². The zero-order valence-corrected chi connectivity index (χ0v) is 14.8. The first-order valence-electron chi connectivity index (χ1n) is 7.77. The molecule has 0 fully saturated rings. The Kier molecular flexibility index (Phi) is 6.20. The molecule has 1 amide bonds. The van der Waals surface area contributed by atoms with Crippen molar-refractivity contribution in [3.8, 4) is 0 Å². The molecule has 0 atom stereocenters. The average Bonchev–Trinajstić information content (AvgIpc) is 3.03. The second kappa shape index (κ2) is 8.80. The van der Waals surface area contributed by atoms with Crippen LogP contribution in [0.1, 0.15) is 5.56 Å². The lowest BCUT2D eigenvalue weighted by atomic mass is 10.2. The Labute approximate surface area is 149 Å². The van der Waals surface area contributed by atoms with Gasteiger partial charge in [0.15, 0.2) is 5.16 Å². The highest BCUT2D eigenvalue weighted by Crippen LogP contribution is 2.18. The monoisotopic (exact) mass is 357 g/mol. The summed E-state index contributed by atoms with van der Waals surface area (Å²) >= 11 is 3.26. The van der Waals surface area contributed by atoms with Crippen LogP contribution in [0.15, 0.2) is 59.8 Å². The first-order valence-corrected chi connectivity index (χ1v) is 9.91. The quantitative estimate of drug-likeness (QED) is 0.477. The van der Waals surface area contributed by atoms with E-state index in [1.54, 1.807) is 0 Å². The van der Waals surface area contributed by atoms with E-state index in [2.05, 4.69) is 27.4 Å². The molecule has 3 aromatic rings. The van der Waals surface area contributed by atoms with Gasteiger partial charge in [-0.05, 0) is 17.7 Å². The van der Waals surface area contributed by atoms with E-state index in [1.165, 1.54) is 17.3 Å². The molecule has 2 N–H and O–H groups in total. The van der Waals surface area contributed by atoms with Crippen LogP contribution in [0.3, 0.4) is 0 Å². The molecule has 1 heterocycles. The third kappa shape index (κ3) is 5.04. The number of thioether (sulfide) groups is 2. The smallest absolute Gasteiger partial charge is 0.230 e. The van der Waals surface area contributed by atoms with Gasteiger partial charge in [-0.25, -0.2) is 4.98 Å². The van der Waals surface area contributed by atoms with E-state index in [-0.39, 0.29) is 5.91 Å². The van der Waals surface area contributed by atoms with E-state index in [9.17, 15) is 4.79 Å². The van der Waals surface area contributed by atoms with Crippen molar-refractivity contribution >= 4 is 40.5 Å². The van der Waals surface area contributed by atoms with E-state index in [0.29, 0.717) is 12.3 Å². The number of hydrogen-bond donors (Lipinski definition) is 2. The highest BCUT2D eigenvalue weighted by atomic mass is 32.2. The van der Waals surface area contributed by atoms with Crippen LogP contribution in [0.5, 0.6) is 0 Å². The summed E-state index contributed by atoms with van der Waals surface area (Å²) in [6.45, 7) is 0.691. The molecule has 0 aliphatic carbocycles. The van der Waals surface area contributed by atoms with Crippen molar-refractivity contribution in [3.05, 3.63) is 60.2 Å². The molecular formula is C18H19N3OS2. The molecule has 1 aromatic heterocycles. The maximum Gasteiger partial charge on any atom is 0.230 e. The minimum Gasteiger partial charge on any atom is -0.355 e. The molecule has 0 unspecified atom stereocenters. The Morgan fingerprint density at radius 1 is 1.08 bits per heavy atom. The summed E-state index contributed by atoms with van der Waals surface area (Å²) in [5.74, 6) is 2.31. The molecule has 0 spiro atoms. The van der Waals surface area contributed by atoms with Crippen molar-refractivity contribution in [2.24, 2.45) is 0 Å². The highest BCUT2D eigenvalue weighted by molar-refractivity contribution is 7.99. The lowest BCUT2D eigenvalue weighted by Crippen LogP contribution is -2.27. The van der Waals surface area contributed by atoms with Gasteiger partial charge in [0.2, 0.25) is 5.91 Å². The SMILES string of the molecule is O=C(CSc1nc2ccccc2[nH]1)NCCSCc1ccccc1. The number of fused-ring (bicyclic) bond motifs is 1. The van der Waals surface area contributed by atoms with Gasteiger partial charge in [-0.2, -0.15) is 11.8 Å². The fraction of sp³-hybridized carbons (Fsp3) is 0.222. The number of rotatable bonds is 8. The van der Waals surface area contributed by atoms with Crippen molar-refractivity contribution in [1.82, 2.24) is 15.3 Å². The molecule has 0 aliphatic heterocycles. The van der Waals surface area contributed by atoms with Crippen LogP contribution in [0.25, 0.3) is 11.0 Å². The third-order valence-corrected chi connectivity index (χ3v) is 5.29. The molecule has 0 aliphatic rings. The van der Waals surface area contributed by atoms with Gasteiger partial charge in [0, 0.05) is 18.1 Å². The first kappa shape index (κ1) is 16.9. The molecular weight excluding hydrogens is 338 g/mol. The predicted molar refractivity (Wildman–Crippen MR) is 102 cm³/mol. The zero-order valence-electron chi connectivity index (χ0n) is 13.2. The summed E-state index contributed by atoms with van der Waals surface area (Å²) in [6, 6.07) is 18.2. The second-order valence-electron chi connectivity index (χ2n) is 5.24. The molecule has 24 heavy (non-hydrogen) atoms.